The minimum Gasteiger partial charge on any atom is -0.482 e. The summed E-state index contributed by atoms with van der Waals surface area (Å²) < 4.78 is 18.9. The van der Waals surface area contributed by atoms with Gasteiger partial charge in [0.1, 0.15) is 17.3 Å². The van der Waals surface area contributed by atoms with E-state index in [-0.39, 0.29) is 34.1 Å². The van der Waals surface area contributed by atoms with Crippen LogP contribution in [0.3, 0.4) is 0 Å². The van der Waals surface area contributed by atoms with E-state index >= 15 is 0 Å². The number of ether oxygens (including phenoxy) is 1. The van der Waals surface area contributed by atoms with E-state index in [1.165, 1.54) is 18.2 Å². The van der Waals surface area contributed by atoms with Crippen molar-refractivity contribution in [2.45, 2.75) is 0 Å². The molecule has 3 rings (SSSR count). The van der Waals surface area contributed by atoms with E-state index in [1.807, 2.05) is 0 Å². The molecule has 2 aromatic rings. The average Bonchev–Trinajstić information content (AvgIpc) is 2.93. The van der Waals surface area contributed by atoms with Crippen LogP contribution in [0.1, 0.15) is 5.56 Å². The third-order valence-electron chi connectivity index (χ3n) is 3.49. The van der Waals surface area contributed by atoms with Gasteiger partial charge in [-0.15, -0.1) is 0 Å². The fourth-order valence-corrected chi connectivity index (χ4v) is 2.71. The van der Waals surface area contributed by atoms with Gasteiger partial charge in [0.05, 0.1) is 10.7 Å². The van der Waals surface area contributed by atoms with Crippen LogP contribution in [-0.4, -0.2) is 23.5 Å². The topological polar surface area (TPSA) is 79.5 Å². The van der Waals surface area contributed by atoms with Gasteiger partial charge in [-0.2, -0.15) is 0 Å². The van der Waals surface area contributed by atoms with Crippen LogP contribution in [0.25, 0.3) is 6.08 Å². The van der Waals surface area contributed by atoms with Gasteiger partial charge in [-0.3, -0.25) is 14.9 Å². The lowest BCUT2D eigenvalue weighted by Crippen LogP contribution is -2.21. The summed E-state index contributed by atoms with van der Waals surface area (Å²) in [5.41, 5.74) is 1.01. The molecule has 0 spiro atoms. The maximum absolute atomic E-state index is 13.5. The summed E-state index contributed by atoms with van der Waals surface area (Å²) in [6, 6.07) is 10.6. The zero-order chi connectivity index (χ0) is 19.4. The second-order valence-corrected chi connectivity index (χ2v) is 6.29. The Bertz CT molecular complexity index is 965. The number of hydrogen-bond donors (Lipinski definition) is 3. The number of carbonyl (C=O) groups is 2. The average molecular weight is 406 g/mol. The number of para-hydroxylation sites is 1. The molecular weight excluding hydrogens is 393 g/mol. The number of carbonyl (C=O) groups excluding carboxylic acids is 2. The highest BCUT2D eigenvalue weighted by molar-refractivity contribution is 7.80. The largest absolute Gasteiger partial charge is 0.482 e. The van der Waals surface area contributed by atoms with Crippen molar-refractivity contribution in [2.75, 3.05) is 11.9 Å². The zero-order valence-corrected chi connectivity index (χ0v) is 15.3. The van der Waals surface area contributed by atoms with E-state index in [0.717, 1.165) is 0 Å². The van der Waals surface area contributed by atoms with Crippen LogP contribution in [0.4, 0.5) is 10.1 Å². The zero-order valence-electron chi connectivity index (χ0n) is 13.7. The molecule has 1 aliphatic rings. The Morgan fingerprint density at radius 1 is 1.26 bits per heavy atom. The van der Waals surface area contributed by atoms with Gasteiger partial charge in [-0.1, -0.05) is 29.8 Å². The number of anilines is 1. The number of rotatable bonds is 5. The molecule has 1 saturated heterocycles. The van der Waals surface area contributed by atoms with Crippen molar-refractivity contribution < 1.29 is 18.7 Å². The summed E-state index contributed by atoms with van der Waals surface area (Å²) in [5, 5.41) is 8.08. The second-order valence-electron chi connectivity index (χ2n) is 5.47. The van der Waals surface area contributed by atoms with Crippen molar-refractivity contribution in [1.29, 1.82) is 0 Å². The van der Waals surface area contributed by atoms with Crippen molar-refractivity contribution in [3.8, 4) is 5.75 Å². The molecule has 1 aliphatic heterocycles. The Labute approximate surface area is 164 Å². The Balaban J connectivity index is 1.62. The van der Waals surface area contributed by atoms with E-state index in [4.69, 9.17) is 28.6 Å². The predicted octanol–water partition coefficient (Wildman–Crippen LogP) is 2.84. The molecular formula is C18H13ClFN3O3S. The number of thiocarbonyl (C=S) groups is 1. The maximum Gasteiger partial charge on any atom is 0.273 e. The molecule has 0 aliphatic carbocycles. The van der Waals surface area contributed by atoms with Crippen molar-refractivity contribution in [2.24, 2.45) is 0 Å². The molecule has 9 heteroatoms. The third kappa shape index (κ3) is 4.81. The van der Waals surface area contributed by atoms with Gasteiger partial charge in [0.15, 0.2) is 11.7 Å². The van der Waals surface area contributed by atoms with Crippen LogP contribution in [-0.2, 0) is 9.59 Å². The first-order valence-corrected chi connectivity index (χ1v) is 8.52. The number of hydrogen-bond acceptors (Lipinski definition) is 4. The molecule has 1 heterocycles. The van der Waals surface area contributed by atoms with E-state index < -0.39 is 11.7 Å². The minimum absolute atomic E-state index is 0.0689. The number of amides is 2. The van der Waals surface area contributed by atoms with Gasteiger partial charge in [0.25, 0.3) is 11.8 Å². The smallest absolute Gasteiger partial charge is 0.273 e. The van der Waals surface area contributed by atoms with Gasteiger partial charge < -0.3 is 15.4 Å². The molecule has 0 radical (unpaired) electrons. The van der Waals surface area contributed by atoms with E-state index in [2.05, 4.69) is 16.0 Å². The van der Waals surface area contributed by atoms with Crippen LogP contribution in [0.5, 0.6) is 5.75 Å². The lowest BCUT2D eigenvalue weighted by Gasteiger charge is -2.10. The molecule has 3 N–H and O–H groups in total. The summed E-state index contributed by atoms with van der Waals surface area (Å²) in [4.78, 5) is 23.5. The summed E-state index contributed by atoms with van der Waals surface area (Å²) in [7, 11) is 0. The van der Waals surface area contributed by atoms with Crippen LogP contribution in [0, 0.1) is 5.82 Å². The van der Waals surface area contributed by atoms with Crippen LogP contribution >= 0.6 is 23.8 Å². The number of benzene rings is 2. The molecule has 1 fully saturated rings. The normalized spacial score (nSPS) is 14.7. The quantitative estimate of drug-likeness (QED) is 0.526. The lowest BCUT2D eigenvalue weighted by molar-refractivity contribution is -0.118. The van der Waals surface area contributed by atoms with E-state index in [9.17, 15) is 14.0 Å². The van der Waals surface area contributed by atoms with Crippen molar-refractivity contribution in [3.63, 3.8) is 0 Å². The molecule has 0 aromatic heterocycles. The third-order valence-corrected chi connectivity index (χ3v) is 3.99. The Hall–Kier alpha value is -2.97. The molecule has 0 unspecified atom stereocenters. The molecule has 0 saturated carbocycles. The van der Waals surface area contributed by atoms with Gasteiger partial charge in [0, 0.05) is 0 Å². The first kappa shape index (κ1) is 18.8. The predicted molar refractivity (Wildman–Crippen MR) is 104 cm³/mol. The molecule has 2 amide bonds. The van der Waals surface area contributed by atoms with Crippen LogP contribution in [0.15, 0.2) is 48.2 Å². The number of halogens is 2. The molecule has 138 valence electrons. The van der Waals surface area contributed by atoms with Gasteiger partial charge >= 0.3 is 0 Å². The summed E-state index contributed by atoms with van der Waals surface area (Å²) >= 11 is 11.0. The summed E-state index contributed by atoms with van der Waals surface area (Å²) in [5.74, 6) is -1.11. The minimum atomic E-state index is -0.537. The van der Waals surface area contributed by atoms with Crippen molar-refractivity contribution in [1.82, 2.24) is 10.6 Å². The highest BCUT2D eigenvalue weighted by atomic mass is 35.5. The Morgan fingerprint density at radius 2 is 2.04 bits per heavy atom. The molecule has 0 atom stereocenters. The fraction of sp³-hybridized carbons (Fsp3) is 0.0556. The number of nitrogens with one attached hydrogen (secondary N) is 3. The lowest BCUT2D eigenvalue weighted by atomic mass is 10.2. The molecule has 27 heavy (non-hydrogen) atoms. The SMILES string of the molecule is O=C(COc1ccc(/C=C2/NC(=S)NC2=O)cc1Cl)Nc1ccccc1F. The maximum atomic E-state index is 13.5. The summed E-state index contributed by atoms with van der Waals surface area (Å²) in [6.45, 7) is -0.341. The first-order chi connectivity index (χ1) is 12.9. The Morgan fingerprint density at radius 3 is 2.70 bits per heavy atom. The van der Waals surface area contributed by atoms with Crippen LogP contribution < -0.4 is 20.7 Å². The Kier molecular flexibility index (Phi) is 5.68. The van der Waals surface area contributed by atoms with E-state index in [0.29, 0.717) is 11.3 Å². The van der Waals surface area contributed by atoms with Gasteiger partial charge in [0.2, 0.25) is 0 Å². The van der Waals surface area contributed by atoms with Crippen LogP contribution in [0.2, 0.25) is 5.02 Å². The first-order valence-electron chi connectivity index (χ1n) is 7.73. The molecule has 0 bridgehead atoms. The fourth-order valence-electron chi connectivity index (χ4n) is 2.27. The van der Waals surface area contributed by atoms with E-state index in [1.54, 1.807) is 30.3 Å². The monoisotopic (exact) mass is 405 g/mol. The summed E-state index contributed by atoms with van der Waals surface area (Å²) in [6.07, 6.45) is 1.58. The molecule has 2 aromatic carbocycles. The molecule has 6 nitrogen and oxygen atoms in total. The highest BCUT2D eigenvalue weighted by Crippen LogP contribution is 2.26. The van der Waals surface area contributed by atoms with Crippen molar-refractivity contribution >= 4 is 52.5 Å². The van der Waals surface area contributed by atoms with Crippen molar-refractivity contribution in [3.05, 3.63) is 64.6 Å². The van der Waals surface area contributed by atoms with Gasteiger partial charge in [-0.05, 0) is 48.1 Å². The second kappa shape index (κ2) is 8.15. The standard InChI is InChI=1S/C18H13ClFN3O3S/c19-11-7-10(8-14-17(25)23-18(27)22-14)5-6-15(11)26-9-16(24)21-13-4-2-1-3-12(13)20/h1-8H,9H2,(H,21,24)(H2,22,23,25,27)/b14-8+. The van der Waals surface area contributed by atoms with Gasteiger partial charge in [-0.25, -0.2) is 4.39 Å². The highest BCUT2D eigenvalue weighted by Gasteiger charge is 2.20.